The molecule has 0 aromatic heterocycles. The van der Waals surface area contributed by atoms with Crippen LogP contribution in [0.15, 0.2) is 89.8 Å². The van der Waals surface area contributed by atoms with Crippen LogP contribution in [0.5, 0.6) is 0 Å². The molecule has 3 saturated heterocycles. The van der Waals surface area contributed by atoms with Crippen molar-refractivity contribution in [3.8, 4) is 0 Å². The number of piperidine rings is 3. The van der Waals surface area contributed by atoms with Crippen molar-refractivity contribution in [2.24, 2.45) is 5.92 Å². The lowest BCUT2D eigenvalue weighted by Crippen LogP contribution is -2.65. The summed E-state index contributed by atoms with van der Waals surface area (Å²) in [6.07, 6.45) is 3.84. The molecule has 1 N–H and O–H groups in total. The topological polar surface area (TPSA) is 55.4 Å². The van der Waals surface area contributed by atoms with E-state index in [9.17, 15) is 9.59 Å². The standard InChI is InChI=1S/C30H33N2O3S/c1-36-26-14-8-13-25(19-26)31-29(24-11-6-3-7-12-24)30(34)35-28-21-32(17-15-23(28)16-18-32)20-27(33)22-9-4-2-5-10-22/h2-14,19,23,28-29,31H,15-18,20-21H2,1H3/q+1/t23?,28-,29?,32?/m0/s1. The largest absolute Gasteiger partial charge is 0.454 e. The summed E-state index contributed by atoms with van der Waals surface area (Å²) in [5.41, 5.74) is 2.52. The molecule has 5 nitrogen and oxygen atoms in total. The van der Waals surface area contributed by atoms with Crippen LogP contribution < -0.4 is 5.32 Å². The lowest BCUT2D eigenvalue weighted by molar-refractivity contribution is -0.938. The summed E-state index contributed by atoms with van der Waals surface area (Å²) in [5.74, 6) is 0.262. The van der Waals surface area contributed by atoms with Gasteiger partial charge in [-0.15, -0.1) is 11.8 Å². The maximum Gasteiger partial charge on any atom is 0.333 e. The van der Waals surface area contributed by atoms with Gasteiger partial charge in [0.2, 0.25) is 5.78 Å². The number of carbonyl (C=O) groups excluding carboxylic acids is 2. The summed E-state index contributed by atoms with van der Waals surface area (Å²) >= 11 is 1.67. The molecule has 3 heterocycles. The van der Waals surface area contributed by atoms with Gasteiger partial charge in [-0.25, -0.2) is 4.79 Å². The van der Waals surface area contributed by atoms with E-state index in [0.29, 0.717) is 23.5 Å². The van der Waals surface area contributed by atoms with Crippen molar-refractivity contribution in [3.63, 3.8) is 0 Å². The van der Waals surface area contributed by atoms with Gasteiger partial charge in [0.1, 0.15) is 13.1 Å². The number of thioether (sulfide) groups is 1. The van der Waals surface area contributed by atoms with E-state index < -0.39 is 6.04 Å². The Morgan fingerprint density at radius 1 is 0.972 bits per heavy atom. The third-order valence-electron chi connectivity index (χ3n) is 7.63. The van der Waals surface area contributed by atoms with Gasteiger partial charge in [-0.1, -0.05) is 66.7 Å². The van der Waals surface area contributed by atoms with Crippen LogP contribution in [0.3, 0.4) is 0 Å². The fourth-order valence-corrected chi connectivity index (χ4v) is 6.08. The molecule has 0 aliphatic carbocycles. The molecule has 0 spiro atoms. The van der Waals surface area contributed by atoms with E-state index in [1.54, 1.807) is 11.8 Å². The van der Waals surface area contributed by atoms with Crippen LogP contribution >= 0.6 is 11.8 Å². The Morgan fingerprint density at radius 3 is 2.36 bits per heavy atom. The Balaban J connectivity index is 1.32. The minimum atomic E-state index is -0.599. The number of rotatable bonds is 9. The van der Waals surface area contributed by atoms with Gasteiger partial charge in [-0.2, -0.15) is 0 Å². The minimum absolute atomic E-state index is 0.165. The van der Waals surface area contributed by atoms with Crippen molar-refractivity contribution in [1.82, 2.24) is 0 Å². The Labute approximate surface area is 217 Å². The summed E-state index contributed by atoms with van der Waals surface area (Å²) < 4.78 is 6.96. The van der Waals surface area contributed by atoms with E-state index in [1.807, 2.05) is 79.1 Å². The number of anilines is 1. The summed E-state index contributed by atoms with van der Waals surface area (Å²) in [6, 6.07) is 26.8. The van der Waals surface area contributed by atoms with Crippen LogP contribution in [0.25, 0.3) is 0 Å². The highest BCUT2D eigenvalue weighted by molar-refractivity contribution is 7.98. The lowest BCUT2D eigenvalue weighted by atomic mass is 9.82. The third kappa shape index (κ3) is 5.50. The molecule has 2 atom stereocenters. The molecule has 3 aromatic carbocycles. The average Bonchev–Trinajstić information content (AvgIpc) is 2.93. The number of Topliss-reactive ketones (excluding diaryl/α,β-unsaturated/α-hetero) is 1. The van der Waals surface area contributed by atoms with Gasteiger partial charge in [-0.3, -0.25) is 4.79 Å². The molecule has 6 rings (SSSR count). The number of ether oxygens (including phenoxy) is 1. The zero-order valence-electron chi connectivity index (χ0n) is 20.6. The summed E-state index contributed by atoms with van der Waals surface area (Å²) in [6.45, 7) is 3.11. The molecule has 36 heavy (non-hydrogen) atoms. The number of nitrogens with one attached hydrogen (secondary N) is 1. The quantitative estimate of drug-likeness (QED) is 0.179. The summed E-state index contributed by atoms with van der Waals surface area (Å²) in [7, 11) is 0. The van der Waals surface area contributed by atoms with E-state index in [1.165, 1.54) is 0 Å². The molecule has 3 fully saturated rings. The first-order chi connectivity index (χ1) is 17.5. The molecule has 0 radical (unpaired) electrons. The molecule has 3 aromatic rings. The third-order valence-corrected chi connectivity index (χ3v) is 8.36. The van der Waals surface area contributed by atoms with Gasteiger partial charge >= 0.3 is 5.97 Å². The van der Waals surface area contributed by atoms with Crippen LogP contribution in [-0.2, 0) is 9.53 Å². The van der Waals surface area contributed by atoms with Gasteiger partial charge in [0.05, 0.1) is 13.1 Å². The summed E-state index contributed by atoms with van der Waals surface area (Å²) in [5, 5.41) is 3.42. The van der Waals surface area contributed by atoms with Gasteiger partial charge in [0.25, 0.3) is 0 Å². The number of carbonyl (C=O) groups is 2. The van der Waals surface area contributed by atoms with Crippen LogP contribution in [0, 0.1) is 5.92 Å². The normalized spacial score (nSPS) is 23.6. The second kappa shape index (κ2) is 10.9. The van der Waals surface area contributed by atoms with Crippen molar-refractivity contribution in [1.29, 1.82) is 0 Å². The number of nitrogens with zero attached hydrogens (tertiary/aromatic N) is 1. The maximum absolute atomic E-state index is 13.6. The Morgan fingerprint density at radius 2 is 1.67 bits per heavy atom. The molecule has 1 unspecified atom stereocenters. The number of ketones is 1. The average molecular weight is 502 g/mol. The number of esters is 1. The predicted molar refractivity (Wildman–Crippen MR) is 144 cm³/mol. The van der Waals surface area contributed by atoms with E-state index in [4.69, 9.17) is 4.74 Å². The van der Waals surface area contributed by atoms with E-state index in [-0.39, 0.29) is 17.9 Å². The van der Waals surface area contributed by atoms with Crippen molar-refractivity contribution in [3.05, 3.63) is 96.1 Å². The molecular formula is C30H33N2O3S+. The molecule has 2 bridgehead atoms. The molecule has 6 heteroatoms. The number of hydrogen-bond donors (Lipinski definition) is 1. The molecule has 0 amide bonds. The minimum Gasteiger partial charge on any atom is -0.454 e. The highest BCUT2D eigenvalue weighted by Gasteiger charge is 2.49. The van der Waals surface area contributed by atoms with Crippen LogP contribution in [-0.4, -0.2) is 54.8 Å². The van der Waals surface area contributed by atoms with E-state index >= 15 is 0 Å². The van der Waals surface area contributed by atoms with Crippen molar-refractivity contribution in [2.75, 3.05) is 37.8 Å². The molecule has 186 valence electrons. The smallest absolute Gasteiger partial charge is 0.333 e. The van der Waals surface area contributed by atoms with Crippen molar-refractivity contribution < 1.29 is 18.8 Å². The fraction of sp³-hybridized carbons (Fsp3) is 0.333. The fourth-order valence-electron chi connectivity index (χ4n) is 5.62. The monoisotopic (exact) mass is 501 g/mol. The number of quaternary nitrogens is 1. The molecule has 3 aliphatic heterocycles. The van der Waals surface area contributed by atoms with Gasteiger partial charge in [0, 0.05) is 34.9 Å². The van der Waals surface area contributed by atoms with Gasteiger partial charge in [0.15, 0.2) is 12.1 Å². The zero-order chi connectivity index (χ0) is 25.0. The Hall–Kier alpha value is -3.09. The SMILES string of the molecule is CSc1cccc(NC(C(=O)O[C@H]2C[N+]3(CC(=O)c4ccccc4)CCC2CC3)c2ccccc2)c1. The number of benzene rings is 3. The van der Waals surface area contributed by atoms with Crippen molar-refractivity contribution >= 4 is 29.2 Å². The van der Waals surface area contributed by atoms with Gasteiger partial charge in [-0.05, 0) is 30.0 Å². The van der Waals surface area contributed by atoms with Crippen LogP contribution in [0.4, 0.5) is 5.69 Å². The molecule has 3 aliphatic rings. The second-order valence-electron chi connectivity index (χ2n) is 9.95. The zero-order valence-corrected chi connectivity index (χ0v) is 21.5. The first kappa shape index (κ1) is 24.6. The van der Waals surface area contributed by atoms with Crippen LogP contribution in [0.1, 0.15) is 34.8 Å². The second-order valence-corrected chi connectivity index (χ2v) is 10.8. The summed E-state index contributed by atoms with van der Waals surface area (Å²) in [4.78, 5) is 27.8. The maximum atomic E-state index is 13.6. The number of hydrogen-bond acceptors (Lipinski definition) is 5. The molecule has 0 saturated carbocycles. The Kier molecular flexibility index (Phi) is 7.44. The number of fused-ring (bicyclic) bond motifs is 3. The first-order valence-electron chi connectivity index (χ1n) is 12.6. The van der Waals surface area contributed by atoms with Crippen LogP contribution in [0.2, 0.25) is 0 Å². The highest BCUT2D eigenvalue weighted by atomic mass is 32.2. The first-order valence-corrected chi connectivity index (χ1v) is 13.9. The highest BCUT2D eigenvalue weighted by Crippen LogP contribution is 2.37. The Bertz CT molecular complexity index is 1190. The van der Waals surface area contributed by atoms with E-state index in [0.717, 1.165) is 47.6 Å². The lowest BCUT2D eigenvalue weighted by Gasteiger charge is -2.51. The van der Waals surface area contributed by atoms with Crippen molar-refractivity contribution in [2.45, 2.75) is 29.9 Å². The van der Waals surface area contributed by atoms with Gasteiger partial charge < -0.3 is 14.5 Å². The predicted octanol–water partition coefficient (Wildman–Crippen LogP) is 5.60. The van der Waals surface area contributed by atoms with E-state index in [2.05, 4.69) is 17.4 Å². The molecular weight excluding hydrogens is 468 g/mol.